The van der Waals surface area contributed by atoms with Crippen LogP contribution < -0.4 is 0 Å². The van der Waals surface area contributed by atoms with Crippen molar-refractivity contribution in [3.05, 3.63) is 0 Å². The average molecular weight is 328 g/mol. The first kappa shape index (κ1) is 21.9. The lowest BCUT2D eigenvalue weighted by Gasteiger charge is -2.27. The molecule has 2 atom stereocenters. The van der Waals surface area contributed by atoms with E-state index in [1.54, 1.807) is 0 Å². The van der Waals surface area contributed by atoms with Crippen LogP contribution in [0, 0.1) is 17.3 Å². The van der Waals surface area contributed by atoms with E-state index in [1.165, 1.54) is 0 Å². The molecule has 0 rings (SSSR count). The smallest absolute Gasteiger partial charge is 0.323 e. The molecule has 23 heavy (non-hydrogen) atoms. The summed E-state index contributed by atoms with van der Waals surface area (Å²) >= 11 is 0. The first-order chi connectivity index (χ1) is 10.9. The van der Waals surface area contributed by atoms with E-state index in [9.17, 15) is 9.59 Å². The number of carbonyl (C=O) groups is 2. The van der Waals surface area contributed by atoms with Gasteiger partial charge in [0.15, 0.2) is 5.41 Å². The monoisotopic (exact) mass is 328 g/mol. The first-order valence-electron chi connectivity index (χ1n) is 9.22. The van der Waals surface area contributed by atoms with Crippen LogP contribution in [-0.4, -0.2) is 25.2 Å². The summed E-state index contributed by atoms with van der Waals surface area (Å²) in [7, 11) is 0. The van der Waals surface area contributed by atoms with Gasteiger partial charge in [-0.1, -0.05) is 54.4 Å². The molecule has 0 radical (unpaired) electrons. The van der Waals surface area contributed by atoms with Crippen molar-refractivity contribution >= 4 is 11.9 Å². The van der Waals surface area contributed by atoms with E-state index in [2.05, 4.69) is 27.7 Å². The summed E-state index contributed by atoms with van der Waals surface area (Å²) in [5.41, 5.74) is -1.15. The van der Waals surface area contributed by atoms with Crippen molar-refractivity contribution in [1.82, 2.24) is 0 Å². The van der Waals surface area contributed by atoms with Crippen LogP contribution in [0.25, 0.3) is 0 Å². The molecule has 0 aromatic carbocycles. The van der Waals surface area contributed by atoms with Crippen LogP contribution >= 0.6 is 0 Å². The third-order valence-corrected chi connectivity index (χ3v) is 5.07. The Morgan fingerprint density at radius 2 is 1.13 bits per heavy atom. The van der Waals surface area contributed by atoms with E-state index in [1.807, 2.05) is 13.8 Å². The Bertz CT molecular complexity index is 317. The van der Waals surface area contributed by atoms with Crippen LogP contribution in [0.3, 0.4) is 0 Å². The number of carbonyl (C=O) groups excluding carboxylic acids is 2. The van der Waals surface area contributed by atoms with Gasteiger partial charge in [-0.3, -0.25) is 9.59 Å². The van der Waals surface area contributed by atoms with E-state index in [0.717, 1.165) is 25.7 Å². The van der Waals surface area contributed by atoms with Gasteiger partial charge >= 0.3 is 11.9 Å². The molecule has 0 bridgehead atoms. The van der Waals surface area contributed by atoms with E-state index >= 15 is 0 Å². The van der Waals surface area contributed by atoms with Gasteiger partial charge in [0, 0.05) is 0 Å². The zero-order valence-electron chi connectivity index (χ0n) is 15.9. The van der Waals surface area contributed by atoms with E-state index in [4.69, 9.17) is 9.47 Å². The molecular weight excluding hydrogens is 292 g/mol. The molecule has 0 amide bonds. The Morgan fingerprint density at radius 3 is 1.39 bits per heavy atom. The molecule has 136 valence electrons. The summed E-state index contributed by atoms with van der Waals surface area (Å²) in [6, 6.07) is 0. The van der Waals surface area contributed by atoms with Crippen molar-refractivity contribution in [3.8, 4) is 0 Å². The van der Waals surface area contributed by atoms with Gasteiger partial charge in [0.1, 0.15) is 0 Å². The molecule has 0 saturated carbocycles. The van der Waals surface area contributed by atoms with E-state index in [-0.39, 0.29) is 0 Å². The third kappa shape index (κ3) is 6.92. The van der Waals surface area contributed by atoms with Crippen molar-refractivity contribution < 1.29 is 19.1 Å². The molecule has 0 aliphatic carbocycles. The van der Waals surface area contributed by atoms with Crippen molar-refractivity contribution in [2.75, 3.05) is 13.2 Å². The lowest BCUT2D eigenvalue weighted by Crippen LogP contribution is -2.41. The Balaban J connectivity index is 4.62. The Hall–Kier alpha value is -1.06. The van der Waals surface area contributed by atoms with Crippen LogP contribution in [0.1, 0.15) is 80.1 Å². The van der Waals surface area contributed by atoms with Gasteiger partial charge in [-0.25, -0.2) is 0 Å². The Labute approximate surface area is 142 Å². The fourth-order valence-electron chi connectivity index (χ4n) is 2.30. The molecule has 2 unspecified atom stereocenters. The second-order valence-corrected chi connectivity index (χ2v) is 6.67. The molecule has 0 heterocycles. The molecule has 0 aliphatic rings. The van der Waals surface area contributed by atoms with Gasteiger partial charge in [-0.15, -0.1) is 0 Å². The molecule has 0 aliphatic heterocycles. The Morgan fingerprint density at radius 1 is 0.783 bits per heavy atom. The van der Waals surface area contributed by atoms with Gasteiger partial charge in [0.25, 0.3) is 0 Å². The van der Waals surface area contributed by atoms with E-state index in [0.29, 0.717) is 37.9 Å². The lowest BCUT2D eigenvalue weighted by molar-refractivity contribution is -0.173. The summed E-state index contributed by atoms with van der Waals surface area (Å²) in [5, 5.41) is 0. The minimum Gasteiger partial charge on any atom is -0.465 e. The van der Waals surface area contributed by atoms with Gasteiger partial charge in [0.2, 0.25) is 0 Å². The largest absolute Gasteiger partial charge is 0.465 e. The van der Waals surface area contributed by atoms with Crippen LogP contribution in [-0.2, 0) is 19.1 Å². The highest BCUT2D eigenvalue weighted by molar-refractivity contribution is 5.99. The molecule has 4 heteroatoms. The minimum atomic E-state index is -1.15. The number of esters is 2. The maximum atomic E-state index is 12.5. The second kappa shape index (κ2) is 11.5. The zero-order valence-corrected chi connectivity index (χ0v) is 15.9. The minimum absolute atomic E-state index is 0.371. The Kier molecular flexibility index (Phi) is 10.9. The van der Waals surface area contributed by atoms with Crippen molar-refractivity contribution in [2.45, 2.75) is 80.1 Å². The highest BCUT2D eigenvalue weighted by Gasteiger charge is 2.45. The number of hydrogen-bond acceptors (Lipinski definition) is 4. The summed E-state index contributed by atoms with van der Waals surface area (Å²) in [6.07, 6.45) is 4.59. The number of rotatable bonds is 12. The number of hydrogen-bond donors (Lipinski definition) is 0. The summed E-state index contributed by atoms with van der Waals surface area (Å²) < 4.78 is 10.8. The molecule has 0 spiro atoms. The van der Waals surface area contributed by atoms with E-state index < -0.39 is 17.4 Å². The lowest BCUT2D eigenvalue weighted by atomic mass is 9.82. The topological polar surface area (TPSA) is 52.6 Å². The van der Waals surface area contributed by atoms with Gasteiger partial charge in [-0.05, 0) is 37.5 Å². The average Bonchev–Trinajstić information content (AvgIpc) is 2.56. The molecule has 0 N–H and O–H groups in total. The van der Waals surface area contributed by atoms with Crippen molar-refractivity contribution in [2.24, 2.45) is 17.3 Å². The highest BCUT2D eigenvalue weighted by atomic mass is 16.6. The molecule has 0 fully saturated rings. The standard InChI is InChI=1S/C19H36O4/c1-7-15(5)11-13-22-17(20)19(9-3,10-4)18(21)23-14-12-16(6)8-2/h15-16H,7-14H2,1-6H3. The van der Waals surface area contributed by atoms with Gasteiger partial charge in [0.05, 0.1) is 13.2 Å². The molecule has 0 saturated heterocycles. The SMILES string of the molecule is CCC(C)CCOC(=O)C(CC)(CC)C(=O)OCCC(C)CC. The quantitative estimate of drug-likeness (QED) is 0.383. The second-order valence-electron chi connectivity index (χ2n) is 6.67. The highest BCUT2D eigenvalue weighted by Crippen LogP contribution is 2.30. The maximum absolute atomic E-state index is 12.5. The number of ether oxygens (including phenoxy) is 2. The summed E-state index contributed by atoms with van der Waals surface area (Å²) in [4.78, 5) is 24.9. The van der Waals surface area contributed by atoms with Crippen LogP contribution in [0.4, 0.5) is 0 Å². The predicted molar refractivity (Wildman–Crippen MR) is 93.1 cm³/mol. The molecular formula is C19H36O4. The van der Waals surface area contributed by atoms with Crippen molar-refractivity contribution in [3.63, 3.8) is 0 Å². The summed E-state index contributed by atoms with van der Waals surface area (Å²) in [5.74, 6) is 0.171. The van der Waals surface area contributed by atoms with Crippen LogP contribution in [0.15, 0.2) is 0 Å². The van der Waals surface area contributed by atoms with Crippen molar-refractivity contribution in [1.29, 1.82) is 0 Å². The third-order valence-electron chi connectivity index (χ3n) is 5.07. The maximum Gasteiger partial charge on any atom is 0.323 e. The zero-order chi connectivity index (χ0) is 17.9. The molecule has 0 aromatic heterocycles. The molecule has 4 nitrogen and oxygen atoms in total. The van der Waals surface area contributed by atoms with Crippen LogP contribution in [0.5, 0.6) is 0 Å². The predicted octanol–water partition coefficient (Wildman–Crippen LogP) is 4.75. The van der Waals surface area contributed by atoms with Crippen LogP contribution in [0.2, 0.25) is 0 Å². The fraction of sp³-hybridized carbons (Fsp3) is 0.895. The normalized spacial score (nSPS) is 14.2. The van der Waals surface area contributed by atoms with Gasteiger partial charge < -0.3 is 9.47 Å². The first-order valence-corrected chi connectivity index (χ1v) is 9.22. The summed E-state index contributed by atoms with van der Waals surface area (Å²) in [6.45, 7) is 12.9. The fourth-order valence-corrected chi connectivity index (χ4v) is 2.30. The molecule has 0 aromatic rings. The van der Waals surface area contributed by atoms with Gasteiger partial charge in [-0.2, -0.15) is 0 Å².